The maximum Gasteiger partial charge on any atom is 0.255 e. The number of nitrogens with two attached hydrogens (primary N) is 1. The molecular formula is C28H28N2O8. The van der Waals surface area contributed by atoms with Gasteiger partial charge in [-0.05, 0) is 31.1 Å². The molecule has 198 valence electrons. The van der Waals surface area contributed by atoms with Gasteiger partial charge in [0.05, 0.1) is 23.6 Å². The summed E-state index contributed by atoms with van der Waals surface area (Å²) in [6.45, 7) is 1.69. The largest absolute Gasteiger partial charge is 0.508 e. The van der Waals surface area contributed by atoms with Gasteiger partial charge in [0.1, 0.15) is 22.8 Å². The maximum absolute atomic E-state index is 14.0. The SMILES string of the molecule is C[C@H]1c2ccc(-c3ccccc3)c(O)c2C(O)=C2C(=O)[C@]3(O)C(O)=C(C(N)=O)C(=O)[C@@H](N(C)C)[C@@H]3[C@@H](O)[C@@H]21. The number of aliphatic hydroxyl groups is 4. The molecule has 1 amide bonds. The van der Waals surface area contributed by atoms with Crippen molar-refractivity contribution < 1.29 is 39.9 Å². The van der Waals surface area contributed by atoms with Crippen LogP contribution in [-0.4, -0.2) is 79.7 Å². The molecule has 0 saturated heterocycles. The van der Waals surface area contributed by atoms with Gasteiger partial charge in [0, 0.05) is 17.1 Å². The normalized spacial score (nSPS) is 30.7. The molecule has 0 unspecified atom stereocenters. The van der Waals surface area contributed by atoms with E-state index in [0.717, 1.165) is 0 Å². The second kappa shape index (κ2) is 8.52. The van der Waals surface area contributed by atoms with Crippen LogP contribution in [0, 0.1) is 11.8 Å². The van der Waals surface area contributed by atoms with Crippen molar-refractivity contribution in [3.63, 3.8) is 0 Å². The van der Waals surface area contributed by atoms with Crippen molar-refractivity contribution in [2.75, 3.05) is 14.1 Å². The molecule has 1 saturated carbocycles. The minimum absolute atomic E-state index is 0.0395. The summed E-state index contributed by atoms with van der Waals surface area (Å²) in [6, 6.07) is 10.9. The third-order valence-corrected chi connectivity index (χ3v) is 8.21. The van der Waals surface area contributed by atoms with Crippen LogP contribution in [-0.2, 0) is 14.4 Å². The van der Waals surface area contributed by atoms with Gasteiger partial charge in [-0.25, -0.2) is 0 Å². The molecule has 38 heavy (non-hydrogen) atoms. The van der Waals surface area contributed by atoms with Crippen LogP contribution in [0.3, 0.4) is 0 Å². The Bertz CT molecular complexity index is 1460. The topological polar surface area (TPSA) is 182 Å². The van der Waals surface area contributed by atoms with Crippen molar-refractivity contribution in [3.05, 3.63) is 70.5 Å². The van der Waals surface area contributed by atoms with Gasteiger partial charge in [0.15, 0.2) is 11.4 Å². The number of hydrogen-bond acceptors (Lipinski definition) is 9. The van der Waals surface area contributed by atoms with Gasteiger partial charge in [-0.3, -0.25) is 19.3 Å². The number of carbonyl (C=O) groups is 3. The third-order valence-electron chi connectivity index (χ3n) is 8.21. The molecule has 1 fully saturated rings. The highest BCUT2D eigenvalue weighted by atomic mass is 16.4. The summed E-state index contributed by atoms with van der Waals surface area (Å²) in [5.74, 6) is -9.03. The maximum atomic E-state index is 14.0. The average molecular weight is 521 g/mol. The first-order valence-electron chi connectivity index (χ1n) is 12.1. The molecule has 10 heteroatoms. The number of Topliss-reactive ketones (excluding diaryl/α,β-unsaturated/α-hetero) is 2. The predicted molar refractivity (Wildman–Crippen MR) is 136 cm³/mol. The van der Waals surface area contributed by atoms with Crippen molar-refractivity contribution in [1.82, 2.24) is 4.90 Å². The van der Waals surface area contributed by atoms with E-state index in [1.807, 2.05) is 0 Å². The van der Waals surface area contributed by atoms with Crippen molar-refractivity contribution >= 4 is 23.2 Å². The van der Waals surface area contributed by atoms with Crippen LogP contribution in [0.25, 0.3) is 16.9 Å². The summed E-state index contributed by atoms with van der Waals surface area (Å²) >= 11 is 0. The number of fused-ring (bicyclic) bond motifs is 3. The first-order valence-corrected chi connectivity index (χ1v) is 12.1. The Labute approximate surface area is 217 Å². The fraction of sp³-hybridized carbons (Fsp3) is 0.321. The van der Waals surface area contributed by atoms with Gasteiger partial charge >= 0.3 is 0 Å². The predicted octanol–water partition coefficient (Wildman–Crippen LogP) is 1.16. The molecule has 6 atom stereocenters. The second-order valence-corrected chi connectivity index (χ2v) is 10.3. The molecule has 0 spiro atoms. The molecule has 7 N–H and O–H groups in total. The van der Waals surface area contributed by atoms with Crippen molar-refractivity contribution in [1.29, 1.82) is 0 Å². The first kappa shape index (κ1) is 25.7. The van der Waals surface area contributed by atoms with Crippen LogP contribution in [0.5, 0.6) is 5.75 Å². The van der Waals surface area contributed by atoms with E-state index in [1.54, 1.807) is 49.4 Å². The number of amides is 1. The summed E-state index contributed by atoms with van der Waals surface area (Å²) in [6.07, 6.45) is -1.62. The summed E-state index contributed by atoms with van der Waals surface area (Å²) < 4.78 is 0. The number of benzene rings is 2. The molecule has 0 heterocycles. The first-order chi connectivity index (χ1) is 17.8. The van der Waals surface area contributed by atoms with E-state index in [0.29, 0.717) is 16.7 Å². The number of primary amides is 1. The molecule has 5 rings (SSSR count). The summed E-state index contributed by atoms with van der Waals surface area (Å²) in [7, 11) is 2.93. The zero-order chi connectivity index (χ0) is 27.8. The standard InChI is InChI=1S/C28H28N2O8/c1-11-13-9-10-14(12-7-5-4-6-8-12)21(31)16(13)22(32)17-15(11)23(33)19-20(30(2)3)24(34)18(27(29)37)26(36)28(19,38)25(17)35/h4-11,15,19-20,23,31-33,36,38H,1-3H3,(H2,29,37)/t11-,15+,19+,20-,23-,28-/m0/s1. The lowest BCUT2D eigenvalue weighted by Gasteiger charge is -2.53. The van der Waals surface area contributed by atoms with Crippen LogP contribution >= 0.6 is 0 Å². The summed E-state index contributed by atoms with van der Waals surface area (Å²) in [5, 5.41) is 57.0. The fourth-order valence-electron chi connectivity index (χ4n) is 6.47. The highest BCUT2D eigenvalue weighted by molar-refractivity contribution is 6.24. The number of likely N-dealkylation sites (N-methyl/N-ethyl adjacent to an activating group) is 1. The quantitative estimate of drug-likeness (QED) is 0.324. The fourth-order valence-corrected chi connectivity index (χ4v) is 6.47. The van der Waals surface area contributed by atoms with E-state index >= 15 is 0 Å². The van der Waals surface area contributed by atoms with Gasteiger partial charge in [0.2, 0.25) is 5.78 Å². The lowest BCUT2D eigenvalue weighted by molar-refractivity contribution is -0.169. The Morgan fingerprint density at radius 2 is 1.66 bits per heavy atom. The highest BCUT2D eigenvalue weighted by Gasteiger charge is 2.68. The number of carbonyl (C=O) groups excluding carboxylic acids is 3. The molecule has 10 nitrogen and oxygen atoms in total. The Balaban J connectivity index is 1.79. The zero-order valence-corrected chi connectivity index (χ0v) is 20.9. The van der Waals surface area contributed by atoms with Crippen LogP contribution in [0.1, 0.15) is 24.0 Å². The Kier molecular flexibility index (Phi) is 5.75. The van der Waals surface area contributed by atoms with E-state index in [9.17, 15) is 39.9 Å². The molecular weight excluding hydrogens is 492 g/mol. The molecule has 0 aromatic heterocycles. The van der Waals surface area contributed by atoms with Gasteiger partial charge in [-0.2, -0.15) is 0 Å². The Hall–Kier alpha value is -3.99. The Morgan fingerprint density at radius 1 is 1.03 bits per heavy atom. The molecule has 2 aromatic rings. The average Bonchev–Trinajstić information content (AvgIpc) is 2.86. The highest BCUT2D eigenvalue weighted by Crippen LogP contribution is 2.56. The van der Waals surface area contributed by atoms with Gasteiger partial charge in [0.25, 0.3) is 5.91 Å². The van der Waals surface area contributed by atoms with Crippen LogP contribution in [0.4, 0.5) is 0 Å². The van der Waals surface area contributed by atoms with Crippen LogP contribution in [0.2, 0.25) is 0 Å². The number of phenolic OH excluding ortho intramolecular Hbond substituents is 1. The number of aromatic hydroxyl groups is 1. The van der Waals surface area contributed by atoms with Gasteiger partial charge in [-0.15, -0.1) is 0 Å². The van der Waals surface area contributed by atoms with Crippen LogP contribution in [0.15, 0.2) is 59.4 Å². The number of phenols is 1. The zero-order valence-electron chi connectivity index (χ0n) is 20.9. The number of nitrogens with zero attached hydrogens (tertiary/aromatic N) is 1. The van der Waals surface area contributed by atoms with Gasteiger partial charge in [-0.1, -0.05) is 49.4 Å². The number of hydrogen-bond donors (Lipinski definition) is 6. The lowest BCUT2D eigenvalue weighted by Crippen LogP contribution is -2.70. The summed E-state index contributed by atoms with van der Waals surface area (Å²) in [5.41, 5.74) is 2.49. The van der Waals surface area contributed by atoms with Crippen LogP contribution < -0.4 is 5.73 Å². The molecule has 0 aliphatic heterocycles. The number of aliphatic hydroxyl groups excluding tert-OH is 3. The summed E-state index contributed by atoms with van der Waals surface area (Å²) in [4.78, 5) is 40.7. The second-order valence-electron chi connectivity index (χ2n) is 10.3. The number of rotatable bonds is 3. The van der Waals surface area contributed by atoms with Crippen molar-refractivity contribution in [2.45, 2.75) is 30.6 Å². The molecule has 0 bridgehead atoms. The van der Waals surface area contributed by atoms with Gasteiger partial charge < -0.3 is 31.3 Å². The van der Waals surface area contributed by atoms with Crippen molar-refractivity contribution in [2.24, 2.45) is 17.6 Å². The lowest BCUT2D eigenvalue weighted by atomic mass is 9.54. The molecule has 0 radical (unpaired) electrons. The number of ketones is 2. The van der Waals surface area contributed by atoms with E-state index in [-0.39, 0.29) is 11.3 Å². The Morgan fingerprint density at radius 3 is 2.24 bits per heavy atom. The van der Waals surface area contributed by atoms with Crippen molar-refractivity contribution in [3.8, 4) is 16.9 Å². The molecule has 2 aromatic carbocycles. The monoisotopic (exact) mass is 520 g/mol. The van der Waals surface area contributed by atoms with E-state index in [1.165, 1.54) is 19.0 Å². The van der Waals surface area contributed by atoms with E-state index < -0.39 is 75.6 Å². The minimum atomic E-state index is -2.93. The third kappa shape index (κ3) is 3.14. The molecule has 3 aliphatic rings. The smallest absolute Gasteiger partial charge is 0.255 e. The van der Waals surface area contributed by atoms with E-state index in [2.05, 4.69) is 0 Å². The van der Waals surface area contributed by atoms with E-state index in [4.69, 9.17) is 5.73 Å². The minimum Gasteiger partial charge on any atom is -0.508 e. The molecule has 3 aliphatic carbocycles.